The van der Waals surface area contributed by atoms with E-state index in [0.717, 1.165) is 0 Å². The molecule has 302 valence electrons. The Bertz CT molecular complexity index is 1760. The number of allylic oxidation sites excluding steroid dienone is 4. The van der Waals surface area contributed by atoms with E-state index in [4.69, 9.17) is 29.4 Å². The number of aliphatic hydroxyl groups is 1. The number of nitrogens with zero attached hydrogens (tertiary/aromatic N) is 1. The number of fused-ring (bicyclic) bond motifs is 7. The van der Waals surface area contributed by atoms with E-state index in [-0.39, 0.29) is 56.4 Å². The van der Waals surface area contributed by atoms with E-state index in [2.05, 4.69) is 4.84 Å². The van der Waals surface area contributed by atoms with Crippen molar-refractivity contribution in [2.24, 2.45) is 28.4 Å². The fourth-order valence-corrected chi connectivity index (χ4v) is 9.82. The van der Waals surface area contributed by atoms with Crippen molar-refractivity contribution in [3.8, 4) is 5.75 Å². The van der Waals surface area contributed by atoms with Crippen molar-refractivity contribution in [1.29, 1.82) is 0 Å². The van der Waals surface area contributed by atoms with E-state index in [9.17, 15) is 34.4 Å². The maximum Gasteiger partial charge on any atom is 0.514 e. The largest absolute Gasteiger partial charge is 0.514 e. The molecule has 3 N–H and O–H groups in total. The number of hydrogen-bond acceptors (Lipinski definition) is 14. The monoisotopic (exact) mass is 794 g/mol. The Balaban J connectivity index is 0.00000580. The van der Waals surface area contributed by atoms with Crippen LogP contribution in [0.5, 0.6) is 5.75 Å². The minimum atomic E-state index is -2.11. The number of halogens is 2. The molecule has 0 radical (unpaired) electrons. The Kier molecular flexibility index (Phi) is 11.9. The number of carbonyl (C=O) groups is 4. The van der Waals surface area contributed by atoms with E-state index in [1.165, 1.54) is 24.3 Å². The summed E-state index contributed by atoms with van der Waals surface area (Å²) in [5, 5.41) is 21.0. The molecule has 4 aliphatic carbocycles. The highest BCUT2D eigenvalue weighted by Gasteiger charge is 2.80. The Morgan fingerprint density at radius 3 is 2.47 bits per heavy atom. The van der Waals surface area contributed by atoms with E-state index in [0.29, 0.717) is 36.8 Å². The highest BCUT2D eigenvalue weighted by molar-refractivity contribution is 6.01. The minimum Gasteiger partial charge on any atom is -0.465 e. The lowest BCUT2D eigenvalue weighted by Crippen LogP contribution is -2.70. The number of Topliss-reactive ketones (excluding diaryl/α,β-unsaturated/α-hetero) is 1. The van der Waals surface area contributed by atoms with E-state index < -0.39 is 87.6 Å². The highest BCUT2D eigenvalue weighted by Crippen LogP contribution is 2.72. The van der Waals surface area contributed by atoms with Crippen molar-refractivity contribution in [1.82, 2.24) is 0 Å². The van der Waals surface area contributed by atoms with Gasteiger partial charge in [-0.25, -0.2) is 9.18 Å². The summed E-state index contributed by atoms with van der Waals surface area (Å²) in [7, 11) is 0. The van der Waals surface area contributed by atoms with Crippen molar-refractivity contribution in [3.05, 3.63) is 63.7 Å². The van der Waals surface area contributed by atoms with E-state index >= 15 is 4.39 Å². The molecule has 6 rings (SSSR count). The number of ether oxygens (including phenoxy) is 5. The van der Waals surface area contributed by atoms with Crippen LogP contribution in [0.4, 0.5) is 9.18 Å². The third-order valence-corrected chi connectivity index (χ3v) is 12.2. The standard InChI is InChI=1S/C38H47FN2O13.ClH/c1-34(2)53-31-19-27-26-12-9-23-18-24(42)13-14-35(23,3)37(26,39)29(43)20-36(27,4)38(31,54-34)30(44)21-50-33(46)52-25-10-7-22(8-11-25)17-28(40)32(45)49-15-5-6-16-51-41(47)48;/h7-8,10-11,13-14,18,26-29,31,43H,5-6,9,12,15-17,19-21,40H2,1-4H3;1H/t26?,27?,28-,29-,31+,35-,36-,37-,38+;/m0./s1. The normalized spacial score (nSPS) is 34.4. The molecule has 0 aromatic heterocycles. The van der Waals surface area contributed by atoms with Crippen LogP contribution in [0.2, 0.25) is 0 Å². The maximum absolute atomic E-state index is 17.6. The van der Waals surface area contributed by atoms with Crippen molar-refractivity contribution in [2.75, 3.05) is 19.8 Å². The molecule has 15 nitrogen and oxygen atoms in total. The Labute approximate surface area is 323 Å². The molecule has 0 bridgehead atoms. The van der Waals surface area contributed by atoms with Gasteiger partial charge in [0.15, 0.2) is 29.4 Å². The summed E-state index contributed by atoms with van der Waals surface area (Å²) in [5.41, 5.74) is 1.18. The van der Waals surface area contributed by atoms with Gasteiger partial charge < -0.3 is 39.4 Å². The molecule has 1 aromatic rings. The Hall–Kier alpha value is -3.96. The number of rotatable bonds is 13. The molecular weight excluding hydrogens is 747 g/mol. The molecular formula is C38H48ClFN2O13. The molecule has 5 aliphatic rings. The number of aliphatic hydroxyl groups excluding tert-OH is 1. The lowest BCUT2D eigenvalue weighted by Gasteiger charge is -2.62. The van der Waals surface area contributed by atoms with Gasteiger partial charge in [-0.05, 0) is 101 Å². The molecule has 1 aromatic carbocycles. The van der Waals surface area contributed by atoms with E-state index in [1.807, 2.05) is 6.92 Å². The van der Waals surface area contributed by atoms with Gasteiger partial charge in [0.05, 0.1) is 25.4 Å². The zero-order chi connectivity index (χ0) is 39.3. The average molecular weight is 795 g/mol. The second-order valence-corrected chi connectivity index (χ2v) is 15.8. The topological polar surface area (TPSA) is 213 Å². The van der Waals surface area contributed by atoms with Crippen LogP contribution in [-0.4, -0.2) is 89.0 Å². The van der Waals surface area contributed by atoms with Crippen LogP contribution in [0.25, 0.3) is 0 Å². The van der Waals surface area contributed by atoms with Crippen molar-refractivity contribution in [3.63, 3.8) is 0 Å². The average Bonchev–Trinajstić information content (AvgIpc) is 3.51. The first-order valence-electron chi connectivity index (χ1n) is 18.2. The molecule has 1 aliphatic heterocycles. The van der Waals surface area contributed by atoms with Gasteiger partial charge in [-0.3, -0.25) is 14.4 Å². The molecule has 17 heteroatoms. The van der Waals surface area contributed by atoms with Crippen LogP contribution < -0.4 is 10.5 Å². The van der Waals surface area contributed by atoms with Gasteiger partial charge in [-0.15, -0.1) is 22.5 Å². The zero-order valence-electron chi connectivity index (χ0n) is 31.2. The van der Waals surface area contributed by atoms with Gasteiger partial charge in [0.1, 0.15) is 11.8 Å². The number of unbranched alkanes of at least 4 members (excludes halogenated alkanes) is 1. The van der Waals surface area contributed by atoms with E-state index in [1.54, 1.807) is 39.0 Å². The smallest absolute Gasteiger partial charge is 0.465 e. The maximum atomic E-state index is 17.6. The van der Waals surface area contributed by atoms with Gasteiger partial charge in [0.25, 0.3) is 5.09 Å². The second-order valence-electron chi connectivity index (χ2n) is 15.8. The molecule has 2 unspecified atom stereocenters. The first-order valence-corrected chi connectivity index (χ1v) is 18.2. The molecule has 55 heavy (non-hydrogen) atoms. The van der Waals surface area contributed by atoms with Gasteiger partial charge in [0, 0.05) is 16.7 Å². The molecule has 9 atom stereocenters. The van der Waals surface area contributed by atoms with Crippen LogP contribution in [-0.2, 0) is 44.6 Å². The minimum absolute atomic E-state index is 0. The summed E-state index contributed by atoms with van der Waals surface area (Å²) in [5.74, 6) is -3.66. The van der Waals surface area contributed by atoms with Crippen LogP contribution in [0.3, 0.4) is 0 Å². The lowest BCUT2D eigenvalue weighted by molar-refractivity contribution is -0.757. The first kappa shape index (κ1) is 42.2. The number of esters is 1. The second kappa shape index (κ2) is 15.5. The molecule has 0 spiro atoms. The van der Waals surface area contributed by atoms with Crippen molar-refractivity contribution >= 4 is 36.1 Å². The summed E-state index contributed by atoms with van der Waals surface area (Å²) in [6, 6.07) is 5.14. The summed E-state index contributed by atoms with van der Waals surface area (Å²) in [4.78, 5) is 65.9. The van der Waals surface area contributed by atoms with Gasteiger partial charge in [-0.1, -0.05) is 30.7 Å². The first-order chi connectivity index (χ1) is 25.4. The highest BCUT2D eigenvalue weighted by atomic mass is 35.5. The number of alkyl halides is 1. The number of hydrogen-bond donors (Lipinski definition) is 2. The fourth-order valence-electron chi connectivity index (χ4n) is 9.82. The third-order valence-electron chi connectivity index (χ3n) is 12.2. The number of nitrogens with two attached hydrogens (primary N) is 1. The van der Waals surface area contributed by atoms with Gasteiger partial charge >= 0.3 is 12.1 Å². The number of benzene rings is 1. The van der Waals surface area contributed by atoms with Crippen LogP contribution in [0.15, 0.2) is 48.1 Å². The zero-order valence-corrected chi connectivity index (χ0v) is 32.0. The van der Waals surface area contributed by atoms with Crippen LogP contribution in [0, 0.1) is 32.8 Å². The number of ketones is 2. The summed E-state index contributed by atoms with van der Waals surface area (Å²) < 4.78 is 46.1. The molecule has 3 saturated carbocycles. The van der Waals surface area contributed by atoms with Gasteiger partial charge in [-0.2, -0.15) is 0 Å². The van der Waals surface area contributed by atoms with Crippen LogP contribution in [0.1, 0.15) is 71.8 Å². The summed E-state index contributed by atoms with van der Waals surface area (Å²) in [6.45, 7) is 6.09. The quantitative estimate of drug-likeness (QED) is 0.0928. The van der Waals surface area contributed by atoms with Crippen LogP contribution >= 0.6 is 12.4 Å². The molecule has 0 amide bonds. The molecule has 1 saturated heterocycles. The van der Waals surface area contributed by atoms with Crippen molar-refractivity contribution in [2.45, 2.75) is 108 Å². The predicted octanol–water partition coefficient (Wildman–Crippen LogP) is 4.47. The van der Waals surface area contributed by atoms with Crippen molar-refractivity contribution < 1.29 is 62.3 Å². The Morgan fingerprint density at radius 2 is 1.78 bits per heavy atom. The summed E-state index contributed by atoms with van der Waals surface area (Å²) >= 11 is 0. The summed E-state index contributed by atoms with van der Waals surface area (Å²) in [6.07, 6.45) is 2.72. The SMILES string of the molecule is CC1(C)O[C@@H]2CC3C4CCC5=CC(=O)C=C[C@]5(C)[C@@]4(F)[C@@H](O)C[C@]3(C)[C@]2(C(=O)COC(=O)Oc2ccc(C[C@H](N)C(=O)OCCCCO[N+](=O)[O-])cc2)O1.Cl. The third kappa shape index (κ3) is 7.39. The fraction of sp³-hybridized carbons (Fsp3) is 0.632. The molecule has 1 heterocycles. The molecule has 4 fully saturated rings. The predicted molar refractivity (Wildman–Crippen MR) is 192 cm³/mol. The lowest BCUT2D eigenvalue weighted by atomic mass is 9.44. The Morgan fingerprint density at radius 1 is 1.09 bits per heavy atom. The number of carbonyl (C=O) groups excluding carboxylic acids is 4. The van der Waals surface area contributed by atoms with Gasteiger partial charge in [0.2, 0.25) is 5.78 Å².